The van der Waals surface area contributed by atoms with Crippen molar-refractivity contribution in [2.24, 2.45) is 5.84 Å². The number of rotatable bonds is 5. The van der Waals surface area contributed by atoms with Gasteiger partial charge in [-0.3, -0.25) is 11.3 Å². The molecule has 6 heteroatoms. The lowest BCUT2D eigenvalue weighted by atomic mass is 10.1. The quantitative estimate of drug-likeness (QED) is 0.657. The van der Waals surface area contributed by atoms with Crippen LogP contribution < -0.4 is 11.3 Å². The summed E-state index contributed by atoms with van der Waals surface area (Å²) in [5.74, 6) is 5.58. The molecule has 0 saturated carbocycles. The van der Waals surface area contributed by atoms with Gasteiger partial charge in [-0.2, -0.15) is 0 Å². The Hall–Kier alpha value is -0.460. The molecule has 92 valence electrons. The first kappa shape index (κ1) is 13.0. The van der Waals surface area contributed by atoms with Gasteiger partial charge in [0.25, 0.3) is 0 Å². The molecule has 0 saturated heterocycles. The van der Waals surface area contributed by atoms with Crippen LogP contribution in [0.2, 0.25) is 4.34 Å². The van der Waals surface area contributed by atoms with Crippen molar-refractivity contribution in [1.29, 1.82) is 0 Å². The molecule has 0 fully saturated rings. The Kier molecular flexibility index (Phi) is 4.53. The van der Waals surface area contributed by atoms with Crippen LogP contribution in [0.25, 0.3) is 0 Å². The van der Waals surface area contributed by atoms with Gasteiger partial charge in [-0.05, 0) is 25.5 Å². The van der Waals surface area contributed by atoms with E-state index in [0.29, 0.717) is 0 Å². The second-order valence-corrected chi connectivity index (χ2v) is 6.60. The average molecular weight is 288 g/mol. The zero-order valence-corrected chi connectivity index (χ0v) is 11.8. The number of hydrogen-bond acceptors (Lipinski definition) is 5. The molecule has 2 aromatic heterocycles. The smallest absolute Gasteiger partial charge is 0.0944 e. The maximum atomic E-state index is 5.91. The van der Waals surface area contributed by atoms with Crippen LogP contribution in [0.3, 0.4) is 0 Å². The van der Waals surface area contributed by atoms with Gasteiger partial charge in [0.1, 0.15) is 0 Å². The Morgan fingerprint density at radius 2 is 2.29 bits per heavy atom. The molecule has 0 amide bonds. The van der Waals surface area contributed by atoms with E-state index in [1.165, 1.54) is 4.88 Å². The molecule has 0 aromatic carbocycles. The van der Waals surface area contributed by atoms with Crippen LogP contribution in [0, 0.1) is 6.92 Å². The van der Waals surface area contributed by atoms with E-state index in [-0.39, 0.29) is 6.04 Å². The van der Waals surface area contributed by atoms with Crippen molar-refractivity contribution in [2.75, 3.05) is 0 Å². The highest BCUT2D eigenvalue weighted by Crippen LogP contribution is 2.23. The van der Waals surface area contributed by atoms with Gasteiger partial charge in [-0.1, -0.05) is 11.6 Å². The van der Waals surface area contributed by atoms with Crippen molar-refractivity contribution in [2.45, 2.75) is 25.8 Å². The largest absolute Gasteiger partial charge is 0.271 e. The summed E-state index contributed by atoms with van der Waals surface area (Å²) >= 11 is 9.19. The lowest BCUT2D eigenvalue weighted by Gasteiger charge is -2.12. The topological polar surface area (TPSA) is 50.9 Å². The van der Waals surface area contributed by atoms with Gasteiger partial charge in [0.15, 0.2) is 0 Å². The van der Waals surface area contributed by atoms with E-state index in [2.05, 4.69) is 15.8 Å². The number of aromatic nitrogens is 1. The van der Waals surface area contributed by atoms with Gasteiger partial charge in [0.2, 0.25) is 0 Å². The van der Waals surface area contributed by atoms with Gasteiger partial charge in [-0.25, -0.2) is 4.98 Å². The first-order chi connectivity index (χ1) is 8.17. The highest BCUT2D eigenvalue weighted by Gasteiger charge is 2.12. The van der Waals surface area contributed by atoms with Gasteiger partial charge < -0.3 is 0 Å². The molecule has 0 aliphatic carbocycles. The fraction of sp³-hybridized carbons (Fsp3) is 0.364. The summed E-state index contributed by atoms with van der Waals surface area (Å²) in [4.78, 5) is 5.69. The zero-order valence-electron chi connectivity index (χ0n) is 9.44. The van der Waals surface area contributed by atoms with Crippen LogP contribution in [0.4, 0.5) is 0 Å². The van der Waals surface area contributed by atoms with Crippen molar-refractivity contribution in [3.63, 3.8) is 0 Å². The third kappa shape index (κ3) is 3.76. The molecule has 1 unspecified atom stereocenters. The molecule has 2 heterocycles. The normalized spacial score (nSPS) is 12.9. The van der Waals surface area contributed by atoms with E-state index in [0.717, 1.165) is 27.9 Å². The summed E-state index contributed by atoms with van der Waals surface area (Å²) in [6, 6.07) is 4.17. The lowest BCUT2D eigenvalue weighted by Crippen LogP contribution is -2.38. The molecule has 3 N–H and O–H groups in total. The molecular weight excluding hydrogens is 274 g/mol. The maximum absolute atomic E-state index is 5.91. The van der Waals surface area contributed by atoms with Gasteiger partial charge in [0, 0.05) is 28.4 Å². The number of nitrogens with one attached hydrogen (secondary N) is 1. The molecule has 1 atom stereocenters. The first-order valence-electron chi connectivity index (χ1n) is 5.28. The fourth-order valence-electron chi connectivity index (χ4n) is 1.60. The SMILES string of the molecule is Cc1csc(CC(Cc2ccc(Cl)s2)NN)n1. The zero-order chi connectivity index (χ0) is 12.3. The second-order valence-electron chi connectivity index (χ2n) is 3.86. The minimum absolute atomic E-state index is 0.204. The summed E-state index contributed by atoms with van der Waals surface area (Å²) in [6.45, 7) is 2.00. The second kappa shape index (κ2) is 5.93. The number of halogens is 1. The molecule has 2 rings (SSSR count). The lowest BCUT2D eigenvalue weighted by molar-refractivity contribution is 0.524. The van der Waals surface area contributed by atoms with E-state index in [9.17, 15) is 0 Å². The minimum Gasteiger partial charge on any atom is -0.271 e. The van der Waals surface area contributed by atoms with Gasteiger partial charge in [0.05, 0.1) is 9.34 Å². The average Bonchev–Trinajstić information content (AvgIpc) is 2.87. The predicted molar refractivity (Wildman–Crippen MR) is 74.7 cm³/mol. The fourth-order valence-corrected chi connectivity index (χ4v) is 3.62. The van der Waals surface area contributed by atoms with Crippen molar-refractivity contribution in [3.8, 4) is 0 Å². The van der Waals surface area contributed by atoms with Crippen LogP contribution in [-0.2, 0) is 12.8 Å². The number of aryl methyl sites for hydroxylation is 1. The Bertz CT molecular complexity index is 438. The molecule has 2 aromatic rings. The van der Waals surface area contributed by atoms with E-state index in [1.807, 2.05) is 19.1 Å². The molecule has 0 bridgehead atoms. The standard InChI is InChI=1S/C11H14ClN3S2/c1-7-6-16-11(14-7)5-8(15-13)4-9-2-3-10(12)17-9/h2-3,6,8,15H,4-5,13H2,1H3. The molecule has 0 aliphatic heterocycles. The molecule has 0 spiro atoms. The maximum Gasteiger partial charge on any atom is 0.0944 e. The highest BCUT2D eigenvalue weighted by atomic mass is 35.5. The van der Waals surface area contributed by atoms with E-state index >= 15 is 0 Å². The van der Waals surface area contributed by atoms with Gasteiger partial charge in [-0.15, -0.1) is 22.7 Å². The molecule has 17 heavy (non-hydrogen) atoms. The van der Waals surface area contributed by atoms with Crippen molar-refractivity contribution in [1.82, 2.24) is 10.4 Å². The van der Waals surface area contributed by atoms with Crippen LogP contribution in [-0.4, -0.2) is 11.0 Å². The summed E-state index contributed by atoms with van der Waals surface area (Å²) in [5, 5.41) is 3.18. The third-order valence-corrected chi connectivity index (χ3v) is 4.64. The number of nitrogens with two attached hydrogens (primary N) is 1. The predicted octanol–water partition coefficient (Wildman–Crippen LogP) is 2.78. The number of hydrogen-bond donors (Lipinski definition) is 2. The number of thiazole rings is 1. The van der Waals surface area contributed by atoms with Crippen molar-refractivity contribution >= 4 is 34.3 Å². The van der Waals surface area contributed by atoms with E-state index in [1.54, 1.807) is 22.7 Å². The van der Waals surface area contributed by atoms with E-state index < -0.39 is 0 Å². The summed E-state index contributed by atoms with van der Waals surface area (Å²) in [7, 11) is 0. The van der Waals surface area contributed by atoms with Crippen LogP contribution in [0.5, 0.6) is 0 Å². The Balaban J connectivity index is 1.97. The molecule has 0 radical (unpaired) electrons. The first-order valence-corrected chi connectivity index (χ1v) is 7.36. The number of nitrogens with zero attached hydrogens (tertiary/aromatic N) is 1. The Morgan fingerprint density at radius 3 is 2.82 bits per heavy atom. The summed E-state index contributed by atoms with van der Waals surface area (Å²) in [5.41, 5.74) is 3.92. The third-order valence-electron chi connectivity index (χ3n) is 2.40. The molecular formula is C11H14ClN3S2. The molecule has 0 aliphatic rings. The summed E-state index contributed by atoms with van der Waals surface area (Å²) < 4.78 is 0.820. The highest BCUT2D eigenvalue weighted by molar-refractivity contribution is 7.16. The van der Waals surface area contributed by atoms with Crippen LogP contribution >= 0.6 is 34.3 Å². The van der Waals surface area contributed by atoms with Gasteiger partial charge >= 0.3 is 0 Å². The van der Waals surface area contributed by atoms with Crippen LogP contribution in [0.15, 0.2) is 17.5 Å². The number of thiophene rings is 1. The van der Waals surface area contributed by atoms with Crippen molar-refractivity contribution in [3.05, 3.63) is 37.4 Å². The van der Waals surface area contributed by atoms with E-state index in [4.69, 9.17) is 17.4 Å². The monoisotopic (exact) mass is 287 g/mol. The van der Waals surface area contributed by atoms with Crippen molar-refractivity contribution < 1.29 is 0 Å². The Labute approximate surface area is 114 Å². The summed E-state index contributed by atoms with van der Waals surface area (Å²) in [6.07, 6.45) is 1.73. The number of hydrazine groups is 1. The molecule has 3 nitrogen and oxygen atoms in total. The minimum atomic E-state index is 0.204. The van der Waals surface area contributed by atoms with Crippen LogP contribution in [0.1, 0.15) is 15.6 Å². The Morgan fingerprint density at radius 1 is 1.47 bits per heavy atom.